The number of hydrogen-bond acceptors (Lipinski definition) is 5. The summed E-state index contributed by atoms with van der Waals surface area (Å²) in [6.45, 7) is -2.31. The monoisotopic (exact) mass is 389 g/mol. The molecule has 0 heterocycles. The summed E-state index contributed by atoms with van der Waals surface area (Å²) in [5, 5.41) is 2.37. The van der Waals surface area contributed by atoms with Gasteiger partial charge in [-0.05, 0) is 35.9 Å². The quantitative estimate of drug-likeness (QED) is 0.426. The van der Waals surface area contributed by atoms with Crippen LogP contribution in [-0.4, -0.2) is 30.9 Å². The molecule has 1 amide bonds. The van der Waals surface area contributed by atoms with Crippen LogP contribution in [0, 0.1) is 0 Å². The van der Waals surface area contributed by atoms with Crippen molar-refractivity contribution >= 4 is 23.7 Å². The van der Waals surface area contributed by atoms with Crippen LogP contribution in [0.1, 0.15) is 22.8 Å². The van der Waals surface area contributed by atoms with Gasteiger partial charge in [-0.2, -0.15) is 8.78 Å². The minimum absolute atomic E-state index is 0.0951. The third-order valence-electron chi connectivity index (χ3n) is 3.38. The van der Waals surface area contributed by atoms with E-state index in [1.165, 1.54) is 37.3 Å². The number of benzene rings is 2. The molecule has 0 aromatic heterocycles. The van der Waals surface area contributed by atoms with Crippen molar-refractivity contribution < 1.29 is 32.6 Å². The summed E-state index contributed by atoms with van der Waals surface area (Å²) in [5.74, 6) is -1.99. The molecule has 0 aliphatic heterocycles. The number of esters is 1. The molecule has 0 saturated carbocycles. The number of amides is 1. The van der Waals surface area contributed by atoms with Crippen LogP contribution in [0.25, 0.3) is 6.08 Å². The third kappa shape index (κ3) is 6.64. The Labute approximate surface area is 159 Å². The van der Waals surface area contributed by atoms with Crippen molar-refractivity contribution in [2.24, 2.45) is 0 Å². The molecule has 0 atom stereocenters. The molecule has 0 aliphatic rings. The van der Waals surface area contributed by atoms with Gasteiger partial charge in [-0.25, -0.2) is 4.79 Å². The van der Waals surface area contributed by atoms with E-state index in [4.69, 9.17) is 4.74 Å². The van der Waals surface area contributed by atoms with Crippen LogP contribution >= 0.6 is 0 Å². The van der Waals surface area contributed by atoms with Gasteiger partial charge < -0.3 is 14.8 Å². The van der Waals surface area contributed by atoms with E-state index >= 15 is 0 Å². The molecule has 2 rings (SSSR count). The smallest absolute Gasteiger partial charge is 0.387 e. The van der Waals surface area contributed by atoms with Crippen LogP contribution in [0.5, 0.6) is 5.75 Å². The molecule has 0 radical (unpaired) electrons. The van der Waals surface area contributed by atoms with Crippen molar-refractivity contribution in [2.75, 3.05) is 6.61 Å². The summed E-state index contributed by atoms with van der Waals surface area (Å²) in [7, 11) is 0. The van der Waals surface area contributed by atoms with Crippen LogP contribution in [0.3, 0.4) is 0 Å². The second-order valence-electron chi connectivity index (χ2n) is 5.55. The van der Waals surface area contributed by atoms with Gasteiger partial charge in [0.2, 0.25) is 5.91 Å². The minimum Gasteiger partial charge on any atom is -0.453 e. The second-order valence-corrected chi connectivity index (χ2v) is 5.55. The predicted octanol–water partition coefficient (Wildman–Crippen LogP) is 3.19. The lowest BCUT2D eigenvalue weighted by atomic mass is 10.1. The van der Waals surface area contributed by atoms with E-state index in [1.54, 1.807) is 30.3 Å². The number of nitrogens with one attached hydrogen (secondary N) is 1. The average molecular weight is 389 g/mol. The van der Waals surface area contributed by atoms with Crippen molar-refractivity contribution in [1.29, 1.82) is 0 Å². The van der Waals surface area contributed by atoms with Crippen molar-refractivity contribution in [1.82, 2.24) is 5.32 Å². The Balaban J connectivity index is 2.02. The molecule has 6 nitrogen and oxygen atoms in total. The molecule has 2 aromatic rings. The number of Topliss-reactive ketones (excluding diaryl/α,β-unsaturated/α-hetero) is 1. The van der Waals surface area contributed by atoms with Gasteiger partial charge in [-0.15, -0.1) is 0 Å². The van der Waals surface area contributed by atoms with E-state index in [0.29, 0.717) is 5.56 Å². The fourth-order valence-corrected chi connectivity index (χ4v) is 2.17. The first-order chi connectivity index (χ1) is 13.3. The summed E-state index contributed by atoms with van der Waals surface area (Å²) in [4.78, 5) is 35.7. The van der Waals surface area contributed by atoms with E-state index in [0.717, 1.165) is 0 Å². The van der Waals surface area contributed by atoms with Gasteiger partial charge in [-0.1, -0.05) is 30.3 Å². The Bertz CT molecular complexity index is 864. The summed E-state index contributed by atoms with van der Waals surface area (Å²) < 4.78 is 33.4. The first kappa shape index (κ1) is 20.8. The number of alkyl halides is 2. The Kier molecular flexibility index (Phi) is 7.38. The minimum atomic E-state index is -2.97. The fraction of sp³-hybridized carbons (Fsp3) is 0.150. The average Bonchev–Trinajstić information content (AvgIpc) is 2.66. The van der Waals surface area contributed by atoms with E-state index in [-0.39, 0.29) is 17.0 Å². The maximum Gasteiger partial charge on any atom is 0.387 e. The largest absolute Gasteiger partial charge is 0.453 e. The number of carbonyl (C=O) groups is 3. The normalized spacial score (nSPS) is 11.1. The van der Waals surface area contributed by atoms with Gasteiger partial charge in [0.1, 0.15) is 11.4 Å². The summed E-state index contributed by atoms with van der Waals surface area (Å²) in [6, 6.07) is 13.7. The fourth-order valence-electron chi connectivity index (χ4n) is 2.17. The molecule has 0 spiro atoms. The molecular formula is C20H17F2NO5. The maximum absolute atomic E-state index is 12.2. The van der Waals surface area contributed by atoms with Gasteiger partial charge in [0, 0.05) is 12.5 Å². The second kappa shape index (κ2) is 9.96. The zero-order valence-electron chi connectivity index (χ0n) is 14.9. The molecule has 0 aliphatic carbocycles. The number of rotatable bonds is 8. The molecule has 1 N–H and O–H groups in total. The molecule has 0 fully saturated rings. The first-order valence-electron chi connectivity index (χ1n) is 8.14. The molecule has 0 saturated heterocycles. The molecule has 146 valence electrons. The summed E-state index contributed by atoms with van der Waals surface area (Å²) >= 11 is 0. The van der Waals surface area contributed by atoms with E-state index in [2.05, 4.69) is 10.1 Å². The van der Waals surface area contributed by atoms with Crippen LogP contribution in [0.15, 0.2) is 60.3 Å². The topological polar surface area (TPSA) is 81.7 Å². The molecule has 28 heavy (non-hydrogen) atoms. The number of carbonyl (C=O) groups excluding carboxylic acids is 3. The third-order valence-corrected chi connectivity index (χ3v) is 3.38. The molecule has 0 bridgehead atoms. The van der Waals surface area contributed by atoms with Crippen molar-refractivity contribution in [3.05, 3.63) is 71.4 Å². The van der Waals surface area contributed by atoms with Gasteiger partial charge in [0.05, 0.1) is 0 Å². The van der Waals surface area contributed by atoms with Crippen molar-refractivity contribution in [3.63, 3.8) is 0 Å². The van der Waals surface area contributed by atoms with Gasteiger partial charge in [0.15, 0.2) is 12.4 Å². The first-order valence-corrected chi connectivity index (χ1v) is 8.14. The molecular weight excluding hydrogens is 372 g/mol. The zero-order chi connectivity index (χ0) is 20.5. The lowest BCUT2D eigenvalue weighted by molar-refractivity contribution is -0.139. The van der Waals surface area contributed by atoms with Gasteiger partial charge in [-0.3, -0.25) is 9.59 Å². The van der Waals surface area contributed by atoms with Gasteiger partial charge in [0.25, 0.3) is 0 Å². The van der Waals surface area contributed by atoms with E-state index in [1.807, 2.05) is 0 Å². The lowest BCUT2D eigenvalue weighted by Gasteiger charge is -2.09. The molecule has 2 aromatic carbocycles. The number of hydrogen-bond donors (Lipinski definition) is 1. The molecule has 0 unspecified atom stereocenters. The molecule has 8 heteroatoms. The highest BCUT2D eigenvalue weighted by molar-refractivity contribution is 6.01. The number of ether oxygens (including phenoxy) is 2. The maximum atomic E-state index is 12.2. The Morgan fingerprint density at radius 2 is 1.68 bits per heavy atom. The van der Waals surface area contributed by atoms with E-state index < -0.39 is 30.9 Å². The van der Waals surface area contributed by atoms with Gasteiger partial charge >= 0.3 is 12.6 Å². The highest BCUT2D eigenvalue weighted by Gasteiger charge is 2.16. The number of halogens is 2. The Hall–Kier alpha value is -3.55. The van der Waals surface area contributed by atoms with Crippen molar-refractivity contribution in [3.8, 4) is 5.75 Å². The van der Waals surface area contributed by atoms with E-state index in [9.17, 15) is 23.2 Å². The SMILES string of the molecule is CC(=O)N/C(=C\c1ccccc1)C(=O)OCC(=O)c1ccc(OC(F)F)cc1. The Morgan fingerprint density at radius 1 is 1.04 bits per heavy atom. The van der Waals surface area contributed by atoms with Crippen molar-refractivity contribution in [2.45, 2.75) is 13.5 Å². The predicted molar refractivity (Wildman–Crippen MR) is 96.6 cm³/mol. The lowest BCUT2D eigenvalue weighted by Crippen LogP contribution is -2.27. The van der Waals surface area contributed by atoms with Crippen LogP contribution in [0.2, 0.25) is 0 Å². The summed E-state index contributed by atoms with van der Waals surface area (Å²) in [5.41, 5.74) is 0.693. The number of ketones is 1. The highest BCUT2D eigenvalue weighted by Crippen LogP contribution is 2.15. The highest BCUT2D eigenvalue weighted by atomic mass is 19.3. The Morgan fingerprint density at radius 3 is 2.25 bits per heavy atom. The summed E-state index contributed by atoms with van der Waals surface area (Å²) in [6.07, 6.45) is 1.42. The van der Waals surface area contributed by atoms with Crippen LogP contribution in [0.4, 0.5) is 8.78 Å². The van der Waals surface area contributed by atoms with Crippen LogP contribution in [-0.2, 0) is 14.3 Å². The van der Waals surface area contributed by atoms with Crippen LogP contribution < -0.4 is 10.1 Å². The zero-order valence-corrected chi connectivity index (χ0v) is 14.9. The standard InChI is InChI=1S/C20H17F2NO5/c1-13(24)23-17(11-14-5-3-2-4-6-14)19(26)27-12-18(25)15-7-9-16(10-8-15)28-20(21)22/h2-11,20H,12H2,1H3,(H,23,24)/b17-11-.